The third-order valence-corrected chi connectivity index (χ3v) is 5.30. The molecule has 1 unspecified atom stereocenters. The summed E-state index contributed by atoms with van der Waals surface area (Å²) in [5.74, 6) is 0.0328. The van der Waals surface area contributed by atoms with E-state index in [0.29, 0.717) is 12.4 Å². The molecule has 1 atom stereocenters. The van der Waals surface area contributed by atoms with Gasteiger partial charge in [-0.1, -0.05) is 42.5 Å². The number of carbonyl (C=O) groups is 1. The first-order chi connectivity index (χ1) is 16.3. The second-order valence-corrected chi connectivity index (χ2v) is 7.76. The number of aliphatic hydroxyl groups is 1. The predicted molar refractivity (Wildman–Crippen MR) is 123 cm³/mol. The monoisotopic (exact) mass is 468 g/mol. The molecular weight excluding hydrogens is 445 g/mol. The van der Waals surface area contributed by atoms with E-state index in [-0.39, 0.29) is 18.7 Å². The third kappa shape index (κ3) is 5.62. The Morgan fingerprint density at radius 3 is 2.35 bits per heavy atom. The molecule has 1 aromatic heterocycles. The van der Waals surface area contributed by atoms with Crippen LogP contribution < -0.4 is 10.6 Å². The van der Waals surface area contributed by atoms with E-state index in [2.05, 4.69) is 15.6 Å². The highest BCUT2D eigenvalue weighted by Gasteiger charge is 2.30. The van der Waals surface area contributed by atoms with Gasteiger partial charge in [-0.15, -0.1) is 0 Å². The number of aliphatic hydroxyl groups excluding tert-OH is 1. The Hall–Kier alpha value is -3.69. The van der Waals surface area contributed by atoms with Gasteiger partial charge in [0.05, 0.1) is 16.6 Å². The molecular formula is C25H23F3N4O2. The van der Waals surface area contributed by atoms with Crippen LogP contribution in [0.4, 0.5) is 18.9 Å². The summed E-state index contributed by atoms with van der Waals surface area (Å²) in [5.41, 5.74) is 2.16. The molecule has 1 amide bonds. The average Bonchev–Trinajstić information content (AvgIpc) is 3.18. The van der Waals surface area contributed by atoms with E-state index < -0.39 is 23.9 Å². The molecule has 0 saturated heterocycles. The quantitative estimate of drug-likeness (QED) is 0.327. The molecule has 34 heavy (non-hydrogen) atoms. The van der Waals surface area contributed by atoms with Crippen LogP contribution in [0.3, 0.4) is 0 Å². The van der Waals surface area contributed by atoms with Crippen LogP contribution in [0, 0.1) is 0 Å². The van der Waals surface area contributed by atoms with Crippen LogP contribution in [0.1, 0.15) is 29.6 Å². The first kappa shape index (κ1) is 23.5. The number of alkyl halides is 3. The van der Waals surface area contributed by atoms with Gasteiger partial charge >= 0.3 is 6.18 Å². The third-order valence-electron chi connectivity index (χ3n) is 5.30. The summed E-state index contributed by atoms with van der Waals surface area (Å²) in [5, 5.41) is 16.2. The van der Waals surface area contributed by atoms with Crippen molar-refractivity contribution in [2.24, 2.45) is 0 Å². The van der Waals surface area contributed by atoms with Crippen molar-refractivity contribution in [2.45, 2.75) is 25.4 Å². The summed E-state index contributed by atoms with van der Waals surface area (Å²) in [7, 11) is 0. The van der Waals surface area contributed by atoms with Crippen LogP contribution in [0.5, 0.6) is 0 Å². The minimum Gasteiger partial charge on any atom is -0.371 e. The largest absolute Gasteiger partial charge is 0.416 e. The number of imidazole rings is 1. The summed E-state index contributed by atoms with van der Waals surface area (Å²) < 4.78 is 39.9. The summed E-state index contributed by atoms with van der Waals surface area (Å²) in [6.07, 6.45) is -5.54. The van der Waals surface area contributed by atoms with Crippen molar-refractivity contribution in [3.05, 3.63) is 95.8 Å². The Bertz CT molecular complexity index is 1250. The zero-order chi connectivity index (χ0) is 24.1. The second kappa shape index (κ2) is 10.1. The van der Waals surface area contributed by atoms with Gasteiger partial charge in [-0.2, -0.15) is 13.2 Å². The van der Waals surface area contributed by atoms with Crippen LogP contribution >= 0.6 is 0 Å². The fourth-order valence-corrected chi connectivity index (χ4v) is 3.61. The zero-order valence-electron chi connectivity index (χ0n) is 18.1. The fourth-order valence-electron chi connectivity index (χ4n) is 3.61. The number of amides is 1. The molecule has 0 bridgehead atoms. The van der Waals surface area contributed by atoms with E-state index >= 15 is 0 Å². The Morgan fingerprint density at radius 1 is 0.971 bits per heavy atom. The lowest BCUT2D eigenvalue weighted by atomic mass is 10.2. The van der Waals surface area contributed by atoms with E-state index in [1.165, 1.54) is 12.1 Å². The normalized spacial score (nSPS) is 12.6. The molecule has 3 N–H and O–H groups in total. The van der Waals surface area contributed by atoms with Crippen molar-refractivity contribution in [1.82, 2.24) is 14.9 Å². The number of benzene rings is 3. The van der Waals surface area contributed by atoms with Gasteiger partial charge in [-0.25, -0.2) is 4.98 Å². The molecule has 4 aromatic rings. The lowest BCUT2D eigenvalue weighted by Crippen LogP contribution is -2.28. The van der Waals surface area contributed by atoms with Gasteiger partial charge in [0.25, 0.3) is 0 Å². The number of halogens is 3. The van der Waals surface area contributed by atoms with Crippen LogP contribution in [0.25, 0.3) is 11.0 Å². The Kier molecular flexibility index (Phi) is 6.95. The minimum absolute atomic E-state index is 0.0109. The Morgan fingerprint density at radius 2 is 1.65 bits per heavy atom. The van der Waals surface area contributed by atoms with Crippen molar-refractivity contribution in [3.63, 3.8) is 0 Å². The van der Waals surface area contributed by atoms with Crippen LogP contribution in [0.15, 0.2) is 78.9 Å². The summed E-state index contributed by atoms with van der Waals surface area (Å²) in [4.78, 5) is 16.7. The molecule has 1 heterocycles. The van der Waals surface area contributed by atoms with Gasteiger partial charge in [0, 0.05) is 25.2 Å². The van der Waals surface area contributed by atoms with Gasteiger partial charge in [-0.3, -0.25) is 10.1 Å². The molecule has 0 aliphatic heterocycles. The standard InChI is InChI=1S/C25H23F3N4O2/c26-25(27,28)18-10-12-19(13-11-18)30-22(33)14-15-29-24(34)23-31-20-8-4-5-9-21(20)32(23)16-17-6-2-1-3-7-17/h1-13,24,29,34H,14-16H2,(H,30,33). The molecule has 0 aliphatic rings. The maximum absolute atomic E-state index is 12.7. The highest BCUT2D eigenvalue weighted by molar-refractivity contribution is 5.90. The van der Waals surface area contributed by atoms with E-state index in [1.54, 1.807) is 0 Å². The highest BCUT2D eigenvalue weighted by Crippen LogP contribution is 2.29. The summed E-state index contributed by atoms with van der Waals surface area (Å²) in [6, 6.07) is 21.6. The smallest absolute Gasteiger partial charge is 0.371 e. The molecule has 0 fully saturated rings. The number of aromatic nitrogens is 2. The van der Waals surface area contributed by atoms with Crippen molar-refractivity contribution >= 4 is 22.6 Å². The SMILES string of the molecule is O=C(CCNC(O)c1nc2ccccc2n1Cc1ccccc1)Nc1ccc(C(F)(F)F)cc1. The Balaban J connectivity index is 1.38. The second-order valence-electron chi connectivity index (χ2n) is 7.76. The molecule has 176 valence electrons. The molecule has 9 heteroatoms. The number of nitrogens with one attached hydrogen (secondary N) is 2. The predicted octanol–water partition coefficient (Wildman–Crippen LogP) is 4.71. The van der Waals surface area contributed by atoms with Crippen LogP contribution in [0.2, 0.25) is 0 Å². The first-order valence-corrected chi connectivity index (χ1v) is 10.7. The van der Waals surface area contributed by atoms with Crippen LogP contribution in [-0.4, -0.2) is 27.1 Å². The molecule has 6 nitrogen and oxygen atoms in total. The van der Waals surface area contributed by atoms with E-state index in [9.17, 15) is 23.1 Å². The maximum atomic E-state index is 12.7. The van der Waals surface area contributed by atoms with Gasteiger partial charge < -0.3 is 15.0 Å². The topological polar surface area (TPSA) is 79.2 Å². The van der Waals surface area contributed by atoms with Gasteiger partial charge in [-0.05, 0) is 42.0 Å². The van der Waals surface area contributed by atoms with E-state index in [1.807, 2.05) is 59.2 Å². The van der Waals surface area contributed by atoms with E-state index in [4.69, 9.17) is 0 Å². The van der Waals surface area contributed by atoms with Crippen LogP contribution in [-0.2, 0) is 17.5 Å². The maximum Gasteiger partial charge on any atom is 0.416 e. The number of hydrogen-bond acceptors (Lipinski definition) is 4. The zero-order valence-corrected chi connectivity index (χ0v) is 18.1. The van der Waals surface area contributed by atoms with E-state index in [0.717, 1.165) is 28.7 Å². The highest BCUT2D eigenvalue weighted by atomic mass is 19.4. The number of rotatable bonds is 8. The van der Waals surface area contributed by atoms with Crippen molar-refractivity contribution < 1.29 is 23.1 Å². The van der Waals surface area contributed by atoms with Gasteiger partial charge in [0.1, 0.15) is 0 Å². The number of nitrogens with zero attached hydrogens (tertiary/aromatic N) is 2. The number of fused-ring (bicyclic) bond motifs is 1. The fraction of sp³-hybridized carbons (Fsp3) is 0.200. The molecule has 0 spiro atoms. The molecule has 0 radical (unpaired) electrons. The lowest BCUT2D eigenvalue weighted by Gasteiger charge is -2.15. The summed E-state index contributed by atoms with van der Waals surface area (Å²) >= 11 is 0. The van der Waals surface area contributed by atoms with Gasteiger partial charge in [0.2, 0.25) is 5.91 Å². The number of para-hydroxylation sites is 2. The molecule has 0 aliphatic carbocycles. The number of hydrogen-bond donors (Lipinski definition) is 3. The number of anilines is 1. The molecule has 3 aromatic carbocycles. The van der Waals surface area contributed by atoms with Gasteiger partial charge in [0.15, 0.2) is 12.1 Å². The average molecular weight is 468 g/mol. The van der Waals surface area contributed by atoms with Crippen molar-refractivity contribution in [3.8, 4) is 0 Å². The minimum atomic E-state index is -4.43. The van der Waals surface area contributed by atoms with Crippen molar-refractivity contribution in [2.75, 3.05) is 11.9 Å². The lowest BCUT2D eigenvalue weighted by molar-refractivity contribution is -0.137. The molecule has 4 rings (SSSR count). The molecule has 0 saturated carbocycles. The first-order valence-electron chi connectivity index (χ1n) is 10.7. The van der Waals surface area contributed by atoms with Crippen molar-refractivity contribution in [1.29, 1.82) is 0 Å². The summed E-state index contributed by atoms with van der Waals surface area (Å²) in [6.45, 7) is 0.659. The number of carbonyl (C=O) groups excluding carboxylic acids is 1. The Labute approximate surface area is 194 Å².